The smallest absolute Gasteiger partial charge is 0.240 e. The predicted molar refractivity (Wildman–Crippen MR) is 112 cm³/mol. The molecule has 8 heteroatoms. The van der Waals surface area contributed by atoms with E-state index in [1.54, 1.807) is 36.4 Å². The molecule has 0 atom stereocenters. The lowest BCUT2D eigenvalue weighted by Gasteiger charge is -2.09. The average Bonchev–Trinajstić information content (AvgIpc) is 3.07. The van der Waals surface area contributed by atoms with Crippen LogP contribution >= 0.6 is 0 Å². The summed E-state index contributed by atoms with van der Waals surface area (Å²) in [6.45, 7) is 7.77. The molecular formula is C21H25N3O4S. The summed E-state index contributed by atoms with van der Waals surface area (Å²) in [6, 6.07) is 10.2. The molecule has 1 heterocycles. The highest BCUT2D eigenvalue weighted by atomic mass is 32.2. The van der Waals surface area contributed by atoms with Gasteiger partial charge in [0.2, 0.25) is 15.9 Å². The van der Waals surface area contributed by atoms with Gasteiger partial charge in [-0.25, -0.2) is 18.1 Å². The molecule has 0 spiro atoms. The Bertz CT molecular complexity index is 1150. The van der Waals surface area contributed by atoms with Gasteiger partial charge in [-0.3, -0.25) is 4.79 Å². The van der Waals surface area contributed by atoms with Crippen LogP contribution in [0.5, 0.6) is 0 Å². The number of carbonyl (C=O) groups is 1. The molecule has 1 amide bonds. The van der Waals surface area contributed by atoms with Crippen molar-refractivity contribution in [1.82, 2.24) is 9.71 Å². The van der Waals surface area contributed by atoms with E-state index in [4.69, 9.17) is 4.42 Å². The second kappa shape index (κ2) is 8.34. The van der Waals surface area contributed by atoms with E-state index in [9.17, 15) is 13.2 Å². The fourth-order valence-corrected chi connectivity index (χ4v) is 3.87. The molecule has 0 saturated carbocycles. The molecule has 0 fully saturated rings. The largest absolute Gasteiger partial charge is 0.440 e. The number of sulfonamides is 1. The van der Waals surface area contributed by atoms with Crippen molar-refractivity contribution in [2.45, 2.75) is 44.9 Å². The summed E-state index contributed by atoms with van der Waals surface area (Å²) >= 11 is 0. The number of carbonyl (C=O) groups excluding carboxylic acids is 1. The first-order valence-electron chi connectivity index (χ1n) is 9.43. The molecule has 7 nitrogen and oxygen atoms in total. The van der Waals surface area contributed by atoms with Gasteiger partial charge in [0.1, 0.15) is 5.52 Å². The Labute approximate surface area is 170 Å². The predicted octanol–water partition coefficient (Wildman–Crippen LogP) is 3.88. The molecule has 3 rings (SSSR count). The number of hydrogen-bond acceptors (Lipinski definition) is 5. The van der Waals surface area contributed by atoms with Gasteiger partial charge < -0.3 is 9.73 Å². The third-order valence-corrected chi connectivity index (χ3v) is 6.07. The molecule has 0 aliphatic rings. The standard InChI is InChI=1S/C21H25N3O4S/c1-13(2)21-24-18-12-16(6-8-19(18)28-21)23-20(25)9-10-22-29(26,27)17-7-5-14(3)15(4)11-17/h5-8,11-13,22H,9-10H2,1-4H3,(H,23,25). The Kier molecular flexibility index (Phi) is 6.04. The lowest BCUT2D eigenvalue weighted by Crippen LogP contribution is -2.28. The molecule has 154 valence electrons. The van der Waals surface area contributed by atoms with E-state index in [0.717, 1.165) is 11.1 Å². The number of aryl methyl sites for hydroxylation is 2. The fourth-order valence-electron chi connectivity index (χ4n) is 2.76. The maximum Gasteiger partial charge on any atom is 0.240 e. The van der Waals surface area contributed by atoms with Gasteiger partial charge in [-0.15, -0.1) is 0 Å². The molecule has 2 aromatic carbocycles. The van der Waals surface area contributed by atoms with Gasteiger partial charge in [-0.05, 0) is 55.3 Å². The summed E-state index contributed by atoms with van der Waals surface area (Å²) in [5.74, 6) is 0.523. The molecule has 0 radical (unpaired) electrons. The van der Waals surface area contributed by atoms with Gasteiger partial charge in [0.15, 0.2) is 11.5 Å². The Morgan fingerprint density at radius 1 is 1.10 bits per heavy atom. The van der Waals surface area contributed by atoms with Crippen LogP contribution in [0, 0.1) is 13.8 Å². The minimum atomic E-state index is -3.65. The molecule has 3 aromatic rings. The van der Waals surface area contributed by atoms with Crippen molar-refractivity contribution < 1.29 is 17.6 Å². The average molecular weight is 416 g/mol. The zero-order valence-electron chi connectivity index (χ0n) is 16.9. The van der Waals surface area contributed by atoms with Crippen LogP contribution in [0.4, 0.5) is 5.69 Å². The molecule has 0 bridgehead atoms. The first kappa shape index (κ1) is 21.0. The second-order valence-corrected chi connectivity index (χ2v) is 9.10. The summed E-state index contributed by atoms with van der Waals surface area (Å²) < 4.78 is 32.9. The van der Waals surface area contributed by atoms with E-state index in [-0.39, 0.29) is 29.7 Å². The third kappa shape index (κ3) is 5.02. The van der Waals surface area contributed by atoms with Crippen molar-refractivity contribution in [2.75, 3.05) is 11.9 Å². The van der Waals surface area contributed by atoms with E-state index in [0.29, 0.717) is 22.7 Å². The van der Waals surface area contributed by atoms with Crippen LogP contribution in [-0.2, 0) is 14.8 Å². The third-order valence-electron chi connectivity index (χ3n) is 4.61. The van der Waals surface area contributed by atoms with E-state index in [1.807, 2.05) is 27.7 Å². The summed E-state index contributed by atoms with van der Waals surface area (Å²) in [4.78, 5) is 16.8. The van der Waals surface area contributed by atoms with Crippen molar-refractivity contribution in [1.29, 1.82) is 0 Å². The molecule has 0 aliphatic carbocycles. The SMILES string of the molecule is Cc1ccc(S(=O)(=O)NCCC(=O)Nc2ccc3oc(C(C)C)nc3c2)cc1C. The first-order valence-corrected chi connectivity index (χ1v) is 10.9. The quantitative estimate of drug-likeness (QED) is 0.610. The highest BCUT2D eigenvalue weighted by Gasteiger charge is 2.15. The molecule has 2 N–H and O–H groups in total. The number of anilines is 1. The number of nitrogens with zero attached hydrogens (tertiary/aromatic N) is 1. The minimum Gasteiger partial charge on any atom is -0.440 e. The lowest BCUT2D eigenvalue weighted by molar-refractivity contribution is -0.116. The number of nitrogens with one attached hydrogen (secondary N) is 2. The van der Waals surface area contributed by atoms with Crippen LogP contribution in [0.2, 0.25) is 0 Å². The number of aromatic nitrogens is 1. The summed E-state index contributed by atoms with van der Waals surface area (Å²) in [5.41, 5.74) is 3.83. The molecule has 0 aliphatic heterocycles. The van der Waals surface area contributed by atoms with Gasteiger partial charge in [-0.1, -0.05) is 19.9 Å². The van der Waals surface area contributed by atoms with E-state index in [2.05, 4.69) is 15.0 Å². The first-order chi connectivity index (χ1) is 13.7. The van der Waals surface area contributed by atoms with E-state index >= 15 is 0 Å². The molecular weight excluding hydrogens is 390 g/mol. The number of hydrogen-bond donors (Lipinski definition) is 2. The Hall–Kier alpha value is -2.71. The van der Waals surface area contributed by atoms with Crippen LogP contribution in [-0.4, -0.2) is 25.9 Å². The van der Waals surface area contributed by atoms with Crippen molar-refractivity contribution in [3.63, 3.8) is 0 Å². The van der Waals surface area contributed by atoms with Crippen molar-refractivity contribution in [3.05, 3.63) is 53.4 Å². The zero-order valence-corrected chi connectivity index (χ0v) is 17.8. The van der Waals surface area contributed by atoms with Gasteiger partial charge in [0.05, 0.1) is 4.90 Å². The van der Waals surface area contributed by atoms with Crippen molar-refractivity contribution in [2.24, 2.45) is 0 Å². The van der Waals surface area contributed by atoms with Crippen molar-refractivity contribution >= 4 is 32.7 Å². The summed E-state index contributed by atoms with van der Waals surface area (Å²) in [7, 11) is -3.65. The molecule has 1 aromatic heterocycles. The van der Waals surface area contributed by atoms with Gasteiger partial charge in [0.25, 0.3) is 0 Å². The monoisotopic (exact) mass is 415 g/mol. The Morgan fingerprint density at radius 3 is 2.55 bits per heavy atom. The number of benzene rings is 2. The molecule has 0 unspecified atom stereocenters. The highest BCUT2D eigenvalue weighted by Crippen LogP contribution is 2.23. The number of amides is 1. The Morgan fingerprint density at radius 2 is 1.86 bits per heavy atom. The molecule has 29 heavy (non-hydrogen) atoms. The lowest BCUT2D eigenvalue weighted by atomic mass is 10.1. The normalized spacial score (nSPS) is 11.9. The van der Waals surface area contributed by atoms with Gasteiger partial charge in [0, 0.05) is 24.6 Å². The maximum absolute atomic E-state index is 12.4. The summed E-state index contributed by atoms with van der Waals surface area (Å²) in [5, 5.41) is 2.76. The minimum absolute atomic E-state index is 0.00475. The van der Waals surface area contributed by atoms with Gasteiger partial charge in [-0.2, -0.15) is 0 Å². The number of fused-ring (bicyclic) bond motifs is 1. The van der Waals surface area contributed by atoms with Crippen LogP contribution in [0.15, 0.2) is 45.7 Å². The highest BCUT2D eigenvalue weighted by molar-refractivity contribution is 7.89. The number of rotatable bonds is 7. The fraction of sp³-hybridized carbons (Fsp3) is 0.333. The number of oxazole rings is 1. The van der Waals surface area contributed by atoms with Crippen LogP contribution in [0.1, 0.15) is 43.2 Å². The van der Waals surface area contributed by atoms with Crippen molar-refractivity contribution in [3.8, 4) is 0 Å². The van der Waals surface area contributed by atoms with Crippen LogP contribution in [0.3, 0.4) is 0 Å². The van der Waals surface area contributed by atoms with Gasteiger partial charge >= 0.3 is 0 Å². The topological polar surface area (TPSA) is 101 Å². The molecule has 0 saturated heterocycles. The zero-order chi connectivity index (χ0) is 21.2. The van der Waals surface area contributed by atoms with Crippen LogP contribution < -0.4 is 10.0 Å². The maximum atomic E-state index is 12.4. The van der Waals surface area contributed by atoms with E-state index in [1.165, 1.54) is 0 Å². The van der Waals surface area contributed by atoms with E-state index < -0.39 is 10.0 Å². The Balaban J connectivity index is 1.58. The summed E-state index contributed by atoms with van der Waals surface area (Å²) in [6.07, 6.45) is 0.0121. The van der Waals surface area contributed by atoms with Crippen LogP contribution in [0.25, 0.3) is 11.1 Å². The second-order valence-electron chi connectivity index (χ2n) is 7.33.